The Morgan fingerprint density at radius 2 is 1.97 bits per heavy atom. The number of nitriles is 1. The van der Waals surface area contributed by atoms with Crippen molar-refractivity contribution >= 4 is 17.7 Å². The highest BCUT2D eigenvalue weighted by molar-refractivity contribution is 6.10. The van der Waals surface area contributed by atoms with Gasteiger partial charge in [0.15, 0.2) is 23.0 Å². The maximum Gasteiger partial charge on any atom is 0.266 e. The summed E-state index contributed by atoms with van der Waals surface area (Å²) in [5.41, 5.74) is 2.39. The Balaban J connectivity index is 1.59. The van der Waals surface area contributed by atoms with Crippen LogP contribution in [-0.4, -0.2) is 37.1 Å². The molecular formula is C22H18N4O5. The van der Waals surface area contributed by atoms with Gasteiger partial charge in [0, 0.05) is 22.9 Å². The van der Waals surface area contributed by atoms with Crippen LogP contribution in [0.3, 0.4) is 0 Å². The van der Waals surface area contributed by atoms with Crippen molar-refractivity contribution in [2.45, 2.75) is 0 Å². The van der Waals surface area contributed by atoms with Gasteiger partial charge in [-0.1, -0.05) is 0 Å². The van der Waals surface area contributed by atoms with Crippen LogP contribution in [0.25, 0.3) is 17.3 Å². The molecule has 2 heterocycles. The first kappa shape index (κ1) is 19.8. The van der Waals surface area contributed by atoms with E-state index >= 15 is 0 Å². The molecule has 2 N–H and O–H groups in total. The number of methoxy groups -OCH3 is 2. The van der Waals surface area contributed by atoms with E-state index in [1.165, 1.54) is 20.3 Å². The second-order valence-corrected chi connectivity index (χ2v) is 6.46. The van der Waals surface area contributed by atoms with Gasteiger partial charge in [0.2, 0.25) is 6.79 Å². The van der Waals surface area contributed by atoms with Crippen LogP contribution in [0.2, 0.25) is 0 Å². The molecule has 1 aliphatic rings. The van der Waals surface area contributed by atoms with Crippen LogP contribution in [0.5, 0.6) is 23.0 Å². The number of amides is 1. The number of rotatable bonds is 6. The molecule has 0 saturated carbocycles. The van der Waals surface area contributed by atoms with Crippen molar-refractivity contribution in [1.82, 2.24) is 10.2 Å². The fraction of sp³-hybridized carbons (Fsp3) is 0.136. The summed E-state index contributed by atoms with van der Waals surface area (Å²) in [5.74, 6) is 1.71. The molecule has 0 spiro atoms. The number of carbonyl (C=O) groups is 1. The lowest BCUT2D eigenvalue weighted by molar-refractivity contribution is -0.112. The minimum atomic E-state index is -0.562. The molecular weight excluding hydrogens is 400 g/mol. The first-order valence-electron chi connectivity index (χ1n) is 9.21. The second kappa shape index (κ2) is 8.51. The number of fused-ring (bicyclic) bond motifs is 1. The maximum absolute atomic E-state index is 12.7. The normalized spacial score (nSPS) is 12.2. The Kier molecular flexibility index (Phi) is 5.45. The van der Waals surface area contributed by atoms with Gasteiger partial charge in [-0.25, -0.2) is 0 Å². The zero-order valence-corrected chi connectivity index (χ0v) is 16.8. The summed E-state index contributed by atoms with van der Waals surface area (Å²) < 4.78 is 21.2. The van der Waals surface area contributed by atoms with Crippen LogP contribution in [0.1, 0.15) is 5.56 Å². The van der Waals surface area contributed by atoms with E-state index in [1.54, 1.807) is 30.5 Å². The van der Waals surface area contributed by atoms with E-state index in [0.29, 0.717) is 39.9 Å². The summed E-state index contributed by atoms with van der Waals surface area (Å²) in [6.45, 7) is 0.170. The molecule has 1 aromatic heterocycles. The minimum absolute atomic E-state index is 0.0850. The highest BCUT2D eigenvalue weighted by Crippen LogP contribution is 2.36. The van der Waals surface area contributed by atoms with Gasteiger partial charge in [-0.3, -0.25) is 9.89 Å². The molecule has 1 aliphatic heterocycles. The Hall–Kier alpha value is -4.45. The number of benzene rings is 2. The van der Waals surface area contributed by atoms with Crippen molar-refractivity contribution in [2.24, 2.45) is 0 Å². The number of carbonyl (C=O) groups excluding carboxylic acids is 1. The number of nitrogens with zero attached hydrogens (tertiary/aromatic N) is 2. The lowest BCUT2D eigenvalue weighted by Gasteiger charge is -2.10. The topological polar surface area (TPSA) is 118 Å². The fourth-order valence-electron chi connectivity index (χ4n) is 3.10. The third kappa shape index (κ3) is 4.00. The predicted octanol–water partition coefficient (Wildman–Crippen LogP) is 3.37. The summed E-state index contributed by atoms with van der Waals surface area (Å²) in [7, 11) is 3.02. The summed E-state index contributed by atoms with van der Waals surface area (Å²) in [6.07, 6.45) is 3.01. The van der Waals surface area contributed by atoms with Gasteiger partial charge >= 0.3 is 0 Å². The van der Waals surface area contributed by atoms with Gasteiger partial charge in [0.05, 0.1) is 26.1 Å². The minimum Gasteiger partial charge on any atom is -0.493 e. The number of nitrogens with one attached hydrogen (secondary N) is 2. The van der Waals surface area contributed by atoms with Gasteiger partial charge in [-0.15, -0.1) is 0 Å². The monoisotopic (exact) mass is 418 g/mol. The van der Waals surface area contributed by atoms with Crippen LogP contribution in [0, 0.1) is 11.3 Å². The van der Waals surface area contributed by atoms with Crippen molar-refractivity contribution in [3.05, 3.63) is 53.7 Å². The largest absolute Gasteiger partial charge is 0.493 e. The standard InChI is InChI=1S/C22H18N4O5/c1-28-17-6-4-16(9-19(17)29-2)25-22(27)14(10-23)7-15-11-24-26-21(15)13-3-5-18-20(8-13)31-12-30-18/h3-9,11H,12H2,1-2H3,(H,24,26)(H,25,27)/b14-7-. The van der Waals surface area contributed by atoms with E-state index in [2.05, 4.69) is 15.5 Å². The number of H-pyrrole nitrogens is 1. The van der Waals surface area contributed by atoms with E-state index in [0.717, 1.165) is 5.56 Å². The molecule has 9 nitrogen and oxygen atoms in total. The zero-order chi connectivity index (χ0) is 21.8. The van der Waals surface area contributed by atoms with Crippen molar-refractivity contribution in [2.75, 3.05) is 26.3 Å². The van der Waals surface area contributed by atoms with Gasteiger partial charge in [0.1, 0.15) is 11.6 Å². The first-order valence-corrected chi connectivity index (χ1v) is 9.21. The number of anilines is 1. The lowest BCUT2D eigenvalue weighted by Crippen LogP contribution is -2.13. The van der Waals surface area contributed by atoms with Crippen LogP contribution in [0.4, 0.5) is 5.69 Å². The van der Waals surface area contributed by atoms with Crippen molar-refractivity contribution < 1.29 is 23.7 Å². The molecule has 0 fully saturated rings. The summed E-state index contributed by atoms with van der Waals surface area (Å²) in [4.78, 5) is 12.7. The number of aromatic nitrogens is 2. The molecule has 1 amide bonds. The van der Waals surface area contributed by atoms with E-state index in [4.69, 9.17) is 18.9 Å². The lowest BCUT2D eigenvalue weighted by atomic mass is 10.1. The molecule has 0 bridgehead atoms. The van der Waals surface area contributed by atoms with Crippen molar-refractivity contribution in [1.29, 1.82) is 5.26 Å². The fourth-order valence-corrected chi connectivity index (χ4v) is 3.10. The molecule has 0 aliphatic carbocycles. The Labute approximate surface area is 177 Å². The zero-order valence-electron chi connectivity index (χ0n) is 16.8. The van der Waals surface area contributed by atoms with Crippen LogP contribution < -0.4 is 24.3 Å². The highest BCUT2D eigenvalue weighted by Gasteiger charge is 2.17. The van der Waals surface area contributed by atoms with Gasteiger partial charge < -0.3 is 24.3 Å². The van der Waals surface area contributed by atoms with E-state index in [-0.39, 0.29) is 12.4 Å². The number of ether oxygens (including phenoxy) is 4. The van der Waals surface area contributed by atoms with Crippen molar-refractivity contribution in [3.63, 3.8) is 0 Å². The van der Waals surface area contributed by atoms with Crippen LogP contribution >= 0.6 is 0 Å². The number of aromatic amines is 1. The first-order chi connectivity index (χ1) is 15.1. The average molecular weight is 418 g/mol. The maximum atomic E-state index is 12.7. The SMILES string of the molecule is COc1ccc(NC(=O)/C(C#N)=C\c2cn[nH]c2-c2ccc3c(c2)OCO3)cc1OC. The number of hydrogen-bond donors (Lipinski definition) is 2. The molecule has 2 aromatic carbocycles. The molecule has 0 atom stereocenters. The van der Waals surface area contributed by atoms with Gasteiger partial charge in [-0.05, 0) is 36.4 Å². The second-order valence-electron chi connectivity index (χ2n) is 6.46. The average Bonchev–Trinajstić information content (AvgIpc) is 3.45. The third-order valence-electron chi connectivity index (χ3n) is 4.64. The highest BCUT2D eigenvalue weighted by atomic mass is 16.7. The van der Waals surface area contributed by atoms with Crippen molar-refractivity contribution in [3.8, 4) is 40.3 Å². The Bertz CT molecular complexity index is 1210. The van der Waals surface area contributed by atoms with E-state index in [1.807, 2.05) is 18.2 Å². The molecule has 156 valence electrons. The molecule has 0 unspecified atom stereocenters. The summed E-state index contributed by atoms with van der Waals surface area (Å²) >= 11 is 0. The van der Waals surface area contributed by atoms with Crippen LogP contribution in [0.15, 0.2) is 48.2 Å². The Morgan fingerprint density at radius 3 is 2.74 bits per heavy atom. The van der Waals surface area contributed by atoms with Gasteiger partial charge in [-0.2, -0.15) is 10.4 Å². The summed E-state index contributed by atoms with van der Waals surface area (Å²) in [6, 6.07) is 12.3. The quantitative estimate of drug-likeness (QED) is 0.465. The summed E-state index contributed by atoms with van der Waals surface area (Å²) in [5, 5.41) is 19.2. The van der Waals surface area contributed by atoms with E-state index in [9.17, 15) is 10.1 Å². The molecule has 4 rings (SSSR count). The molecule has 3 aromatic rings. The third-order valence-corrected chi connectivity index (χ3v) is 4.64. The molecule has 0 saturated heterocycles. The Morgan fingerprint density at radius 1 is 1.16 bits per heavy atom. The van der Waals surface area contributed by atoms with Crippen LogP contribution in [-0.2, 0) is 4.79 Å². The van der Waals surface area contributed by atoms with Gasteiger partial charge in [0.25, 0.3) is 5.91 Å². The van der Waals surface area contributed by atoms with E-state index < -0.39 is 5.91 Å². The molecule has 31 heavy (non-hydrogen) atoms. The molecule has 9 heteroatoms. The number of hydrogen-bond acceptors (Lipinski definition) is 7. The predicted molar refractivity (Wildman–Crippen MR) is 112 cm³/mol. The molecule has 0 radical (unpaired) electrons. The smallest absolute Gasteiger partial charge is 0.266 e.